The standard InChI is InChI=1S/C12H16Cl2FN/c13-6-2-1-3-7-16-9-10-4-5-11(14)8-12(10)15/h4-5,8,16H,1-3,6-7,9H2. The van der Waals surface area contributed by atoms with Crippen LogP contribution in [-0.4, -0.2) is 12.4 Å². The van der Waals surface area contributed by atoms with E-state index in [9.17, 15) is 4.39 Å². The number of halogens is 3. The maximum Gasteiger partial charge on any atom is 0.129 e. The molecule has 1 rings (SSSR count). The van der Waals surface area contributed by atoms with E-state index in [1.54, 1.807) is 12.1 Å². The fraction of sp³-hybridized carbons (Fsp3) is 0.500. The molecule has 0 aliphatic carbocycles. The van der Waals surface area contributed by atoms with Crippen molar-refractivity contribution < 1.29 is 4.39 Å². The van der Waals surface area contributed by atoms with Crippen LogP contribution in [0.4, 0.5) is 4.39 Å². The minimum absolute atomic E-state index is 0.249. The van der Waals surface area contributed by atoms with Crippen molar-refractivity contribution in [1.29, 1.82) is 0 Å². The van der Waals surface area contributed by atoms with E-state index in [0.29, 0.717) is 23.0 Å². The van der Waals surface area contributed by atoms with Crippen LogP contribution in [0, 0.1) is 5.82 Å². The van der Waals surface area contributed by atoms with Crippen molar-refractivity contribution in [3.8, 4) is 0 Å². The smallest absolute Gasteiger partial charge is 0.129 e. The lowest BCUT2D eigenvalue weighted by atomic mass is 10.2. The summed E-state index contributed by atoms with van der Waals surface area (Å²) in [4.78, 5) is 0. The molecule has 1 N–H and O–H groups in total. The summed E-state index contributed by atoms with van der Waals surface area (Å²) in [6, 6.07) is 4.75. The molecule has 0 radical (unpaired) electrons. The van der Waals surface area contributed by atoms with Gasteiger partial charge in [0.2, 0.25) is 0 Å². The maximum absolute atomic E-state index is 13.3. The van der Waals surface area contributed by atoms with Gasteiger partial charge in [-0.15, -0.1) is 11.6 Å². The number of hydrogen-bond acceptors (Lipinski definition) is 1. The predicted molar refractivity (Wildman–Crippen MR) is 67.7 cm³/mol. The lowest BCUT2D eigenvalue weighted by molar-refractivity contribution is 0.574. The molecule has 0 saturated carbocycles. The molecular weight excluding hydrogens is 248 g/mol. The minimum Gasteiger partial charge on any atom is -0.313 e. The highest BCUT2D eigenvalue weighted by Crippen LogP contribution is 2.14. The summed E-state index contributed by atoms with van der Waals surface area (Å²) in [6.07, 6.45) is 3.22. The summed E-state index contributed by atoms with van der Waals surface area (Å²) in [5.41, 5.74) is 0.654. The Morgan fingerprint density at radius 2 is 2.00 bits per heavy atom. The van der Waals surface area contributed by atoms with Crippen LogP contribution < -0.4 is 5.32 Å². The molecule has 1 aromatic rings. The van der Waals surface area contributed by atoms with Crippen molar-refractivity contribution in [3.05, 3.63) is 34.6 Å². The van der Waals surface area contributed by atoms with E-state index in [1.165, 1.54) is 6.07 Å². The minimum atomic E-state index is -0.249. The molecule has 0 bridgehead atoms. The summed E-state index contributed by atoms with van der Waals surface area (Å²) >= 11 is 11.2. The molecule has 90 valence electrons. The summed E-state index contributed by atoms with van der Waals surface area (Å²) in [5.74, 6) is 0.465. The highest BCUT2D eigenvalue weighted by molar-refractivity contribution is 6.30. The van der Waals surface area contributed by atoms with E-state index in [1.807, 2.05) is 0 Å². The highest BCUT2D eigenvalue weighted by Gasteiger charge is 2.01. The van der Waals surface area contributed by atoms with E-state index in [-0.39, 0.29) is 5.82 Å². The quantitative estimate of drug-likeness (QED) is 0.580. The number of benzene rings is 1. The molecule has 0 atom stereocenters. The van der Waals surface area contributed by atoms with E-state index in [2.05, 4.69) is 5.32 Å². The number of rotatable bonds is 7. The molecule has 0 aliphatic rings. The van der Waals surface area contributed by atoms with Crippen LogP contribution in [0.25, 0.3) is 0 Å². The lowest BCUT2D eigenvalue weighted by Gasteiger charge is -2.06. The van der Waals surface area contributed by atoms with Gasteiger partial charge in [-0.25, -0.2) is 4.39 Å². The van der Waals surface area contributed by atoms with E-state index in [4.69, 9.17) is 23.2 Å². The molecule has 0 heterocycles. The molecule has 0 spiro atoms. The van der Waals surface area contributed by atoms with Crippen LogP contribution in [0.1, 0.15) is 24.8 Å². The van der Waals surface area contributed by atoms with Gasteiger partial charge in [-0.2, -0.15) is 0 Å². The summed E-state index contributed by atoms with van der Waals surface area (Å²) < 4.78 is 13.3. The molecule has 16 heavy (non-hydrogen) atoms. The number of nitrogens with one attached hydrogen (secondary N) is 1. The molecule has 4 heteroatoms. The first-order valence-electron chi connectivity index (χ1n) is 5.44. The fourth-order valence-corrected chi connectivity index (χ4v) is 1.76. The van der Waals surface area contributed by atoms with Crippen LogP contribution in [0.5, 0.6) is 0 Å². The number of alkyl halides is 1. The van der Waals surface area contributed by atoms with Crippen LogP contribution in [0.3, 0.4) is 0 Å². The molecule has 1 aromatic carbocycles. The summed E-state index contributed by atoms with van der Waals surface area (Å²) in [6.45, 7) is 1.43. The first-order valence-corrected chi connectivity index (χ1v) is 6.36. The zero-order valence-electron chi connectivity index (χ0n) is 9.11. The Hall–Kier alpha value is -0.310. The lowest BCUT2D eigenvalue weighted by Crippen LogP contribution is -2.15. The van der Waals surface area contributed by atoms with Gasteiger partial charge in [-0.05, 0) is 31.5 Å². The van der Waals surface area contributed by atoms with Gasteiger partial charge in [-0.1, -0.05) is 24.1 Å². The van der Waals surface area contributed by atoms with Gasteiger partial charge in [0.05, 0.1) is 0 Å². The van der Waals surface area contributed by atoms with Crippen LogP contribution in [0.15, 0.2) is 18.2 Å². The van der Waals surface area contributed by atoms with Crippen LogP contribution in [-0.2, 0) is 6.54 Å². The van der Waals surface area contributed by atoms with Crippen molar-refractivity contribution in [2.24, 2.45) is 0 Å². The molecule has 0 saturated heterocycles. The molecule has 0 aromatic heterocycles. The van der Waals surface area contributed by atoms with Crippen LogP contribution >= 0.6 is 23.2 Å². The molecule has 0 unspecified atom stereocenters. The third-order valence-electron chi connectivity index (χ3n) is 2.32. The molecule has 0 amide bonds. The van der Waals surface area contributed by atoms with Gasteiger partial charge in [0.15, 0.2) is 0 Å². The van der Waals surface area contributed by atoms with Gasteiger partial charge in [0, 0.05) is 23.0 Å². The van der Waals surface area contributed by atoms with Gasteiger partial charge in [-0.3, -0.25) is 0 Å². The van der Waals surface area contributed by atoms with Gasteiger partial charge >= 0.3 is 0 Å². The third kappa shape index (κ3) is 5.15. The fourth-order valence-electron chi connectivity index (χ4n) is 1.41. The van der Waals surface area contributed by atoms with Gasteiger partial charge in [0.25, 0.3) is 0 Å². The van der Waals surface area contributed by atoms with Crippen molar-refractivity contribution in [1.82, 2.24) is 5.32 Å². The van der Waals surface area contributed by atoms with Gasteiger partial charge in [0.1, 0.15) is 5.82 Å². The zero-order valence-corrected chi connectivity index (χ0v) is 10.6. The Bertz CT molecular complexity index is 318. The summed E-state index contributed by atoms with van der Waals surface area (Å²) in [7, 11) is 0. The van der Waals surface area contributed by atoms with E-state index in [0.717, 1.165) is 25.8 Å². The van der Waals surface area contributed by atoms with Gasteiger partial charge < -0.3 is 5.32 Å². The Kier molecular flexibility index (Phi) is 6.78. The first kappa shape index (κ1) is 13.8. The monoisotopic (exact) mass is 263 g/mol. The highest BCUT2D eigenvalue weighted by atomic mass is 35.5. The van der Waals surface area contributed by atoms with E-state index < -0.39 is 0 Å². The first-order chi connectivity index (χ1) is 7.74. The number of hydrogen-bond donors (Lipinski definition) is 1. The Balaban J connectivity index is 2.21. The average Bonchev–Trinajstić information content (AvgIpc) is 2.26. The van der Waals surface area contributed by atoms with Crippen molar-refractivity contribution in [3.63, 3.8) is 0 Å². The van der Waals surface area contributed by atoms with Crippen molar-refractivity contribution >= 4 is 23.2 Å². The Morgan fingerprint density at radius 3 is 2.69 bits per heavy atom. The largest absolute Gasteiger partial charge is 0.313 e. The third-order valence-corrected chi connectivity index (χ3v) is 2.82. The van der Waals surface area contributed by atoms with E-state index >= 15 is 0 Å². The Labute approximate surface area is 106 Å². The predicted octanol–water partition coefficient (Wildman–Crippen LogP) is 3.98. The van der Waals surface area contributed by atoms with Crippen LogP contribution in [0.2, 0.25) is 5.02 Å². The Morgan fingerprint density at radius 1 is 1.19 bits per heavy atom. The number of unbranched alkanes of at least 4 members (excludes halogenated alkanes) is 2. The molecular formula is C12H16Cl2FN. The summed E-state index contributed by atoms with van der Waals surface area (Å²) in [5, 5.41) is 3.63. The van der Waals surface area contributed by atoms with Crippen molar-refractivity contribution in [2.45, 2.75) is 25.8 Å². The normalized spacial score (nSPS) is 10.7. The second-order valence-electron chi connectivity index (χ2n) is 3.66. The second kappa shape index (κ2) is 7.88. The molecule has 0 fully saturated rings. The van der Waals surface area contributed by atoms with Crippen molar-refractivity contribution in [2.75, 3.05) is 12.4 Å². The SMILES string of the molecule is Fc1cc(Cl)ccc1CNCCCCCCl. The maximum atomic E-state index is 13.3. The average molecular weight is 264 g/mol. The zero-order chi connectivity index (χ0) is 11.8. The molecule has 0 aliphatic heterocycles. The topological polar surface area (TPSA) is 12.0 Å². The second-order valence-corrected chi connectivity index (χ2v) is 4.48. The molecule has 1 nitrogen and oxygen atoms in total.